The molecule has 0 saturated carbocycles. The van der Waals surface area contributed by atoms with Crippen molar-refractivity contribution in [1.82, 2.24) is 0 Å². The number of rotatable bonds is 3. The van der Waals surface area contributed by atoms with Crippen LogP contribution in [0.1, 0.15) is 27.0 Å². The highest BCUT2D eigenvalue weighted by Gasteiger charge is 2.15. The monoisotopic (exact) mass is 317 g/mol. The van der Waals surface area contributed by atoms with Gasteiger partial charge in [0.05, 0.1) is 4.90 Å². The van der Waals surface area contributed by atoms with Crippen molar-refractivity contribution in [1.29, 1.82) is 0 Å². The van der Waals surface area contributed by atoms with Crippen LogP contribution < -0.4 is 5.32 Å². The van der Waals surface area contributed by atoms with Gasteiger partial charge < -0.3 is 5.32 Å². The Morgan fingerprint density at radius 3 is 2.09 bits per heavy atom. The standard InChI is InChI=1S/C17H19NO3S/c1-11-8-9-14(22(4,20)21)10-15(11)17(19)18-16-12(2)6-5-7-13(16)3/h5-10H,1-4H3,(H,18,19). The molecule has 4 nitrogen and oxygen atoms in total. The van der Waals surface area contributed by atoms with Crippen LogP contribution in [-0.2, 0) is 9.84 Å². The molecule has 0 bridgehead atoms. The van der Waals surface area contributed by atoms with E-state index in [1.165, 1.54) is 12.1 Å². The predicted octanol–water partition coefficient (Wildman–Crippen LogP) is 3.27. The molecule has 0 unspecified atom stereocenters. The van der Waals surface area contributed by atoms with Gasteiger partial charge in [-0.25, -0.2) is 8.42 Å². The molecule has 0 atom stereocenters. The maximum absolute atomic E-state index is 12.5. The van der Waals surface area contributed by atoms with Crippen LogP contribution in [0.25, 0.3) is 0 Å². The van der Waals surface area contributed by atoms with Gasteiger partial charge in [0.2, 0.25) is 0 Å². The molecule has 0 saturated heterocycles. The van der Waals surface area contributed by atoms with Crippen LogP contribution in [-0.4, -0.2) is 20.6 Å². The van der Waals surface area contributed by atoms with Crippen molar-refractivity contribution in [2.75, 3.05) is 11.6 Å². The summed E-state index contributed by atoms with van der Waals surface area (Å²) in [5, 5.41) is 2.88. The van der Waals surface area contributed by atoms with Crippen molar-refractivity contribution in [2.24, 2.45) is 0 Å². The quantitative estimate of drug-likeness (QED) is 0.945. The Morgan fingerprint density at radius 1 is 0.955 bits per heavy atom. The molecule has 0 aliphatic carbocycles. The van der Waals surface area contributed by atoms with Crippen LogP contribution in [0.4, 0.5) is 5.69 Å². The van der Waals surface area contributed by atoms with Crippen LogP contribution in [0.15, 0.2) is 41.3 Å². The van der Waals surface area contributed by atoms with Crippen molar-refractivity contribution >= 4 is 21.4 Å². The average Bonchev–Trinajstić information content (AvgIpc) is 2.42. The third kappa shape index (κ3) is 3.36. The third-order valence-corrected chi connectivity index (χ3v) is 4.71. The number of sulfone groups is 1. The smallest absolute Gasteiger partial charge is 0.255 e. The van der Waals surface area contributed by atoms with E-state index in [0.717, 1.165) is 28.6 Å². The lowest BCUT2D eigenvalue weighted by Gasteiger charge is -2.13. The van der Waals surface area contributed by atoms with Gasteiger partial charge >= 0.3 is 0 Å². The molecule has 0 aliphatic heterocycles. The minimum absolute atomic E-state index is 0.143. The number of hydrogen-bond donors (Lipinski definition) is 1. The number of carbonyl (C=O) groups excluding carboxylic acids is 1. The Hall–Kier alpha value is -2.14. The average molecular weight is 317 g/mol. The number of benzene rings is 2. The van der Waals surface area contributed by atoms with Gasteiger partial charge in [-0.15, -0.1) is 0 Å². The summed E-state index contributed by atoms with van der Waals surface area (Å²) in [6.45, 7) is 5.62. The first-order chi connectivity index (χ1) is 10.2. The van der Waals surface area contributed by atoms with Crippen LogP contribution in [0, 0.1) is 20.8 Å². The first-order valence-electron chi connectivity index (χ1n) is 6.88. The summed E-state index contributed by atoms with van der Waals surface area (Å²) in [4.78, 5) is 12.7. The van der Waals surface area contributed by atoms with E-state index in [2.05, 4.69) is 5.32 Å². The zero-order valence-corrected chi connectivity index (χ0v) is 13.9. The number of aryl methyl sites for hydroxylation is 3. The molecule has 0 aliphatic rings. The fourth-order valence-electron chi connectivity index (χ4n) is 2.27. The number of para-hydroxylation sites is 1. The fourth-order valence-corrected chi connectivity index (χ4v) is 2.92. The van der Waals surface area contributed by atoms with Crippen LogP contribution in [0.2, 0.25) is 0 Å². The maximum Gasteiger partial charge on any atom is 0.255 e. The molecule has 1 amide bonds. The molecule has 0 aromatic heterocycles. The first-order valence-corrected chi connectivity index (χ1v) is 8.77. The van der Waals surface area contributed by atoms with E-state index in [1.54, 1.807) is 13.0 Å². The molecule has 0 spiro atoms. The number of nitrogens with one attached hydrogen (secondary N) is 1. The molecule has 22 heavy (non-hydrogen) atoms. The number of anilines is 1. The SMILES string of the molecule is Cc1ccc(S(C)(=O)=O)cc1C(=O)Nc1c(C)cccc1C. The molecular weight excluding hydrogens is 298 g/mol. The summed E-state index contributed by atoms with van der Waals surface area (Å²) < 4.78 is 23.3. The van der Waals surface area contributed by atoms with Crippen molar-refractivity contribution in [2.45, 2.75) is 25.7 Å². The number of carbonyl (C=O) groups is 1. The van der Waals surface area contributed by atoms with Gasteiger partial charge in [0.25, 0.3) is 5.91 Å². The molecule has 2 aromatic rings. The van der Waals surface area contributed by atoms with Crippen molar-refractivity contribution in [3.8, 4) is 0 Å². The molecular formula is C17H19NO3S. The summed E-state index contributed by atoms with van der Waals surface area (Å²) in [7, 11) is -3.34. The summed E-state index contributed by atoms with van der Waals surface area (Å²) in [5.74, 6) is -0.305. The summed E-state index contributed by atoms with van der Waals surface area (Å²) in [6, 6.07) is 10.4. The highest BCUT2D eigenvalue weighted by molar-refractivity contribution is 7.90. The van der Waals surface area contributed by atoms with E-state index in [9.17, 15) is 13.2 Å². The number of hydrogen-bond acceptors (Lipinski definition) is 3. The predicted molar refractivity (Wildman–Crippen MR) is 88.2 cm³/mol. The molecule has 116 valence electrons. The molecule has 2 rings (SSSR count). The molecule has 1 N–H and O–H groups in total. The Balaban J connectivity index is 2.42. The second-order valence-electron chi connectivity index (χ2n) is 5.47. The van der Waals surface area contributed by atoms with E-state index in [-0.39, 0.29) is 10.8 Å². The van der Waals surface area contributed by atoms with E-state index >= 15 is 0 Å². The Morgan fingerprint density at radius 2 is 1.55 bits per heavy atom. The van der Waals surface area contributed by atoms with Gasteiger partial charge in [0, 0.05) is 17.5 Å². The molecule has 0 fully saturated rings. The maximum atomic E-state index is 12.5. The van der Waals surface area contributed by atoms with Gasteiger partial charge in [0.15, 0.2) is 9.84 Å². The van der Waals surface area contributed by atoms with E-state index < -0.39 is 9.84 Å². The van der Waals surface area contributed by atoms with Crippen LogP contribution in [0.3, 0.4) is 0 Å². The Labute approximate surface area is 131 Å². The lowest BCUT2D eigenvalue weighted by atomic mass is 10.1. The van der Waals surface area contributed by atoms with E-state index in [0.29, 0.717) is 5.56 Å². The largest absolute Gasteiger partial charge is 0.321 e. The summed E-state index contributed by atoms with van der Waals surface area (Å²) >= 11 is 0. The summed E-state index contributed by atoms with van der Waals surface area (Å²) in [6.07, 6.45) is 1.13. The second kappa shape index (κ2) is 5.93. The third-order valence-electron chi connectivity index (χ3n) is 3.60. The lowest BCUT2D eigenvalue weighted by Crippen LogP contribution is -2.16. The Bertz CT molecular complexity index is 819. The van der Waals surface area contributed by atoms with Gasteiger partial charge in [-0.2, -0.15) is 0 Å². The number of amides is 1. The second-order valence-corrected chi connectivity index (χ2v) is 7.49. The van der Waals surface area contributed by atoms with Gasteiger partial charge in [-0.3, -0.25) is 4.79 Å². The first kappa shape index (κ1) is 16.2. The zero-order chi connectivity index (χ0) is 16.5. The fraction of sp³-hybridized carbons (Fsp3) is 0.235. The lowest BCUT2D eigenvalue weighted by molar-refractivity contribution is 0.102. The van der Waals surface area contributed by atoms with Gasteiger partial charge in [-0.05, 0) is 49.6 Å². The topological polar surface area (TPSA) is 63.2 Å². The normalized spacial score (nSPS) is 11.3. The van der Waals surface area contributed by atoms with Crippen molar-refractivity contribution < 1.29 is 13.2 Å². The van der Waals surface area contributed by atoms with Gasteiger partial charge in [-0.1, -0.05) is 24.3 Å². The Kier molecular flexibility index (Phi) is 4.37. The highest BCUT2D eigenvalue weighted by atomic mass is 32.2. The molecule has 0 heterocycles. The molecule has 0 radical (unpaired) electrons. The van der Waals surface area contributed by atoms with Crippen LogP contribution in [0.5, 0.6) is 0 Å². The minimum atomic E-state index is -3.34. The van der Waals surface area contributed by atoms with E-state index in [4.69, 9.17) is 0 Å². The zero-order valence-electron chi connectivity index (χ0n) is 13.1. The van der Waals surface area contributed by atoms with Crippen molar-refractivity contribution in [3.05, 3.63) is 58.7 Å². The molecule has 5 heteroatoms. The van der Waals surface area contributed by atoms with E-state index in [1.807, 2.05) is 32.0 Å². The summed E-state index contributed by atoms with van der Waals surface area (Å²) in [5.41, 5.74) is 3.79. The molecule has 2 aromatic carbocycles. The van der Waals surface area contributed by atoms with Crippen LogP contribution >= 0.6 is 0 Å². The minimum Gasteiger partial charge on any atom is -0.321 e. The highest BCUT2D eigenvalue weighted by Crippen LogP contribution is 2.22. The van der Waals surface area contributed by atoms with Crippen molar-refractivity contribution in [3.63, 3.8) is 0 Å². The van der Waals surface area contributed by atoms with Gasteiger partial charge in [0.1, 0.15) is 0 Å².